The first-order chi connectivity index (χ1) is 10.4. The van der Waals surface area contributed by atoms with Crippen LogP contribution in [0.25, 0.3) is 0 Å². The van der Waals surface area contributed by atoms with Crippen molar-refractivity contribution in [2.45, 2.75) is 6.92 Å². The zero-order valence-corrected chi connectivity index (χ0v) is 14.3. The highest BCUT2D eigenvalue weighted by atomic mass is 79.9. The van der Waals surface area contributed by atoms with Gasteiger partial charge in [-0.1, -0.05) is 34.1 Å². The molecule has 2 aromatic rings. The van der Waals surface area contributed by atoms with Crippen LogP contribution in [0.1, 0.15) is 26.3 Å². The molecule has 0 radical (unpaired) electrons. The Labute approximate surface area is 138 Å². The molecule has 0 aliphatic carbocycles. The van der Waals surface area contributed by atoms with Crippen molar-refractivity contribution in [1.29, 1.82) is 0 Å². The van der Waals surface area contributed by atoms with Crippen LogP contribution in [0, 0.1) is 6.92 Å². The Morgan fingerprint density at radius 2 is 1.77 bits per heavy atom. The van der Waals surface area contributed by atoms with Crippen molar-refractivity contribution in [3.05, 3.63) is 63.6 Å². The number of hydrogen-bond donors (Lipinski definition) is 1. The van der Waals surface area contributed by atoms with Crippen LogP contribution in [0.5, 0.6) is 0 Å². The third-order valence-corrected chi connectivity index (χ3v) is 4.10. The number of carbonyl (C=O) groups is 2. The summed E-state index contributed by atoms with van der Waals surface area (Å²) < 4.78 is 0.873. The largest absolute Gasteiger partial charge is 0.345 e. The molecule has 0 aliphatic heterocycles. The highest BCUT2D eigenvalue weighted by Gasteiger charge is 2.15. The highest BCUT2D eigenvalue weighted by Crippen LogP contribution is 2.20. The minimum Gasteiger partial charge on any atom is -0.345 e. The first-order valence-corrected chi connectivity index (χ1v) is 7.57. The minimum atomic E-state index is -0.250. The molecule has 4 nitrogen and oxygen atoms in total. The SMILES string of the molecule is Cc1ccc(C(=O)Nc2ccccc2C(=O)N(C)C)cc1Br. The number of anilines is 1. The van der Waals surface area contributed by atoms with Gasteiger partial charge < -0.3 is 10.2 Å². The highest BCUT2D eigenvalue weighted by molar-refractivity contribution is 9.10. The lowest BCUT2D eigenvalue weighted by molar-refractivity contribution is 0.0828. The molecule has 0 aromatic heterocycles. The Bertz CT molecular complexity index is 726. The molecule has 0 spiro atoms. The van der Waals surface area contributed by atoms with Gasteiger partial charge in [-0.05, 0) is 36.8 Å². The van der Waals surface area contributed by atoms with Crippen molar-refractivity contribution in [3.63, 3.8) is 0 Å². The zero-order valence-electron chi connectivity index (χ0n) is 12.7. The molecule has 0 aliphatic rings. The average molecular weight is 361 g/mol. The first-order valence-electron chi connectivity index (χ1n) is 6.78. The number of amides is 2. The van der Waals surface area contributed by atoms with E-state index in [1.807, 2.05) is 13.0 Å². The smallest absolute Gasteiger partial charge is 0.255 e. The van der Waals surface area contributed by atoms with Crippen molar-refractivity contribution in [2.75, 3.05) is 19.4 Å². The molecule has 0 bridgehead atoms. The van der Waals surface area contributed by atoms with E-state index in [1.165, 1.54) is 4.90 Å². The number of hydrogen-bond acceptors (Lipinski definition) is 2. The maximum Gasteiger partial charge on any atom is 0.255 e. The summed E-state index contributed by atoms with van der Waals surface area (Å²) in [5.74, 6) is -0.402. The van der Waals surface area contributed by atoms with Crippen LogP contribution in [0.2, 0.25) is 0 Å². The van der Waals surface area contributed by atoms with Gasteiger partial charge in [-0.2, -0.15) is 0 Å². The van der Waals surface area contributed by atoms with Crippen LogP contribution in [0.3, 0.4) is 0 Å². The van der Waals surface area contributed by atoms with Gasteiger partial charge in [-0.15, -0.1) is 0 Å². The second-order valence-electron chi connectivity index (χ2n) is 5.16. The number of benzene rings is 2. The average Bonchev–Trinajstić information content (AvgIpc) is 2.49. The lowest BCUT2D eigenvalue weighted by atomic mass is 10.1. The van der Waals surface area contributed by atoms with Crippen LogP contribution in [-0.4, -0.2) is 30.8 Å². The van der Waals surface area contributed by atoms with E-state index in [2.05, 4.69) is 21.2 Å². The standard InChI is InChI=1S/C17H17BrN2O2/c1-11-8-9-12(10-14(11)18)16(21)19-15-7-5-4-6-13(15)17(22)20(2)3/h4-10H,1-3H3,(H,19,21). The topological polar surface area (TPSA) is 49.4 Å². The van der Waals surface area contributed by atoms with Gasteiger partial charge in [0.05, 0.1) is 11.3 Å². The van der Waals surface area contributed by atoms with Crippen LogP contribution in [0.4, 0.5) is 5.69 Å². The first kappa shape index (κ1) is 16.2. The Morgan fingerprint density at radius 1 is 1.09 bits per heavy atom. The van der Waals surface area contributed by atoms with Gasteiger partial charge in [0.15, 0.2) is 0 Å². The lowest BCUT2D eigenvalue weighted by Gasteiger charge is -2.15. The number of aryl methyl sites for hydroxylation is 1. The molecule has 0 saturated heterocycles. The lowest BCUT2D eigenvalue weighted by Crippen LogP contribution is -2.24. The Morgan fingerprint density at radius 3 is 2.41 bits per heavy atom. The van der Waals surface area contributed by atoms with Crippen molar-refractivity contribution >= 4 is 33.4 Å². The van der Waals surface area contributed by atoms with Crippen molar-refractivity contribution < 1.29 is 9.59 Å². The summed E-state index contributed by atoms with van der Waals surface area (Å²) in [7, 11) is 3.36. The quantitative estimate of drug-likeness (QED) is 0.906. The number of nitrogens with zero attached hydrogens (tertiary/aromatic N) is 1. The van der Waals surface area contributed by atoms with Crippen molar-refractivity contribution in [2.24, 2.45) is 0 Å². The van der Waals surface area contributed by atoms with Crippen LogP contribution >= 0.6 is 15.9 Å². The molecule has 2 amide bonds. The number of nitrogens with one attached hydrogen (secondary N) is 1. The second kappa shape index (κ2) is 6.75. The summed E-state index contributed by atoms with van der Waals surface area (Å²) in [4.78, 5) is 26.0. The monoisotopic (exact) mass is 360 g/mol. The Balaban J connectivity index is 2.29. The van der Waals surface area contributed by atoms with Crippen molar-refractivity contribution in [1.82, 2.24) is 4.90 Å². The predicted octanol–water partition coefficient (Wildman–Crippen LogP) is 3.71. The fourth-order valence-corrected chi connectivity index (χ4v) is 2.33. The molecule has 0 saturated carbocycles. The van der Waals surface area contributed by atoms with Gasteiger partial charge in [0, 0.05) is 24.1 Å². The Kier molecular flexibility index (Phi) is 4.98. The molecular weight excluding hydrogens is 344 g/mol. The summed E-state index contributed by atoms with van der Waals surface area (Å²) in [6.45, 7) is 1.96. The van der Waals surface area contributed by atoms with E-state index in [-0.39, 0.29) is 11.8 Å². The maximum absolute atomic E-state index is 12.4. The van der Waals surface area contributed by atoms with E-state index in [4.69, 9.17) is 0 Å². The summed E-state index contributed by atoms with van der Waals surface area (Å²) in [6, 6.07) is 12.4. The van der Waals surface area contributed by atoms with E-state index < -0.39 is 0 Å². The minimum absolute atomic E-state index is 0.152. The summed E-state index contributed by atoms with van der Waals surface area (Å²) in [6.07, 6.45) is 0. The van der Waals surface area contributed by atoms with E-state index in [1.54, 1.807) is 50.5 Å². The van der Waals surface area contributed by atoms with Crippen molar-refractivity contribution in [3.8, 4) is 0 Å². The molecular formula is C17H17BrN2O2. The molecule has 2 rings (SSSR count). The summed E-state index contributed by atoms with van der Waals surface area (Å²) in [5, 5.41) is 2.80. The number of halogens is 1. The maximum atomic E-state index is 12.4. The van der Waals surface area contributed by atoms with Crippen LogP contribution in [0.15, 0.2) is 46.9 Å². The molecule has 22 heavy (non-hydrogen) atoms. The van der Waals surface area contributed by atoms with Gasteiger partial charge in [0.2, 0.25) is 0 Å². The fraction of sp³-hybridized carbons (Fsp3) is 0.176. The molecule has 2 aromatic carbocycles. The number of para-hydroxylation sites is 1. The molecule has 0 heterocycles. The molecule has 0 unspecified atom stereocenters. The third kappa shape index (κ3) is 3.54. The van der Waals surface area contributed by atoms with E-state index in [9.17, 15) is 9.59 Å². The van der Waals surface area contributed by atoms with Gasteiger partial charge in [0.25, 0.3) is 11.8 Å². The van der Waals surface area contributed by atoms with E-state index in [0.717, 1.165) is 10.0 Å². The fourth-order valence-electron chi connectivity index (χ4n) is 1.95. The molecule has 5 heteroatoms. The van der Waals surface area contributed by atoms with Crippen LogP contribution in [-0.2, 0) is 0 Å². The summed E-state index contributed by atoms with van der Waals surface area (Å²) in [5.41, 5.74) is 2.55. The third-order valence-electron chi connectivity index (χ3n) is 3.25. The molecule has 1 N–H and O–H groups in total. The number of rotatable bonds is 3. The van der Waals surface area contributed by atoms with Gasteiger partial charge in [-0.25, -0.2) is 0 Å². The van der Waals surface area contributed by atoms with Crippen LogP contribution < -0.4 is 5.32 Å². The van der Waals surface area contributed by atoms with E-state index in [0.29, 0.717) is 16.8 Å². The second-order valence-corrected chi connectivity index (χ2v) is 6.02. The Hall–Kier alpha value is -2.14. The molecule has 0 atom stereocenters. The van der Waals surface area contributed by atoms with Gasteiger partial charge >= 0.3 is 0 Å². The molecule has 114 valence electrons. The van der Waals surface area contributed by atoms with Gasteiger partial charge in [-0.3, -0.25) is 9.59 Å². The van der Waals surface area contributed by atoms with E-state index >= 15 is 0 Å². The number of carbonyl (C=O) groups excluding carboxylic acids is 2. The molecule has 0 fully saturated rings. The normalized spacial score (nSPS) is 10.2. The van der Waals surface area contributed by atoms with Gasteiger partial charge in [0.1, 0.15) is 0 Å². The summed E-state index contributed by atoms with van der Waals surface area (Å²) >= 11 is 3.42. The predicted molar refractivity (Wildman–Crippen MR) is 91.3 cm³/mol. The zero-order chi connectivity index (χ0) is 16.3.